The second-order valence-electron chi connectivity index (χ2n) is 7.05. The largest absolute Gasteiger partial charge is 0.441 e. The van der Waals surface area contributed by atoms with Crippen molar-refractivity contribution in [1.29, 1.82) is 0 Å². The van der Waals surface area contributed by atoms with Gasteiger partial charge in [0.05, 0.1) is 11.4 Å². The fourth-order valence-electron chi connectivity index (χ4n) is 2.93. The number of rotatable bonds is 8. The summed E-state index contributed by atoms with van der Waals surface area (Å²) in [5, 5.41) is 0.574. The van der Waals surface area contributed by atoms with Crippen molar-refractivity contribution in [2.75, 3.05) is 5.75 Å². The lowest BCUT2D eigenvalue weighted by Crippen LogP contribution is -2.18. The summed E-state index contributed by atoms with van der Waals surface area (Å²) >= 11 is 6.08. The molecule has 0 saturated heterocycles. The molecule has 0 atom stereocenters. The second kappa shape index (κ2) is 8.93. The average Bonchev–Trinajstić information content (AvgIpc) is 3.01. The van der Waals surface area contributed by atoms with Gasteiger partial charge in [-0.25, -0.2) is 13.4 Å². The van der Waals surface area contributed by atoms with Gasteiger partial charge in [0.25, 0.3) is 0 Å². The van der Waals surface area contributed by atoms with Crippen LogP contribution < -0.4 is 0 Å². The van der Waals surface area contributed by atoms with E-state index >= 15 is 0 Å². The number of benzene rings is 2. The third kappa shape index (κ3) is 5.78. The molecule has 1 aromatic heterocycles. The van der Waals surface area contributed by atoms with Crippen LogP contribution in [0.1, 0.15) is 29.0 Å². The first-order valence-corrected chi connectivity index (χ1v) is 11.4. The summed E-state index contributed by atoms with van der Waals surface area (Å²) in [6.45, 7) is 3.65. The highest BCUT2D eigenvalue weighted by Gasteiger charge is 2.22. The molecule has 0 saturated carbocycles. The summed E-state index contributed by atoms with van der Waals surface area (Å²) in [4.78, 5) is 16.5. The maximum Gasteiger partial charge on any atom is 0.226 e. The van der Waals surface area contributed by atoms with E-state index in [9.17, 15) is 13.2 Å². The van der Waals surface area contributed by atoms with E-state index in [1.165, 1.54) is 0 Å². The Hall–Kier alpha value is -2.44. The number of carbonyl (C=O) groups is 1. The minimum atomic E-state index is -3.65. The van der Waals surface area contributed by atoms with Crippen LogP contribution in [0, 0.1) is 13.8 Å². The van der Waals surface area contributed by atoms with Crippen LogP contribution in [0.2, 0.25) is 5.02 Å². The van der Waals surface area contributed by atoms with Gasteiger partial charge in [-0.15, -0.1) is 0 Å². The van der Waals surface area contributed by atoms with Gasteiger partial charge >= 0.3 is 0 Å². The Morgan fingerprint density at radius 1 is 1.07 bits per heavy atom. The predicted molar refractivity (Wildman–Crippen MR) is 114 cm³/mol. The van der Waals surface area contributed by atoms with Gasteiger partial charge in [-0.3, -0.25) is 4.79 Å². The second-order valence-corrected chi connectivity index (χ2v) is 9.52. The molecule has 1 heterocycles. The van der Waals surface area contributed by atoms with Crippen LogP contribution in [0.5, 0.6) is 0 Å². The molecule has 0 fully saturated rings. The zero-order valence-corrected chi connectivity index (χ0v) is 17.9. The van der Waals surface area contributed by atoms with Gasteiger partial charge in [-0.05, 0) is 44.0 Å². The minimum Gasteiger partial charge on any atom is -0.441 e. The first-order chi connectivity index (χ1) is 13.7. The molecule has 0 amide bonds. The molecular weight excluding hydrogens is 410 g/mol. The molecular formula is C22H22ClNO4S. The average molecular weight is 432 g/mol. The lowest BCUT2D eigenvalue weighted by molar-refractivity contribution is -0.116. The van der Waals surface area contributed by atoms with Crippen LogP contribution in [0.3, 0.4) is 0 Å². The number of Topliss-reactive ketones (excluding diaryl/α,β-unsaturated/α-hetero) is 1. The van der Waals surface area contributed by atoms with Crippen molar-refractivity contribution in [3.05, 3.63) is 76.1 Å². The number of hydrogen-bond donors (Lipinski definition) is 0. The third-order valence-electron chi connectivity index (χ3n) is 4.56. The van der Waals surface area contributed by atoms with E-state index in [0.29, 0.717) is 28.8 Å². The number of ketones is 1. The summed E-state index contributed by atoms with van der Waals surface area (Å²) in [5.74, 6) is -0.384. The van der Waals surface area contributed by atoms with E-state index in [1.54, 1.807) is 13.0 Å². The highest BCUT2D eigenvalue weighted by molar-refractivity contribution is 7.91. The first kappa shape index (κ1) is 21.3. The number of nitrogens with zero attached hydrogens (tertiary/aromatic N) is 1. The molecule has 29 heavy (non-hydrogen) atoms. The SMILES string of the molecule is Cc1ccc(-c2nc(CS(=O)(=O)CC(=O)CCc3ccccc3Cl)c(C)o2)cc1. The van der Waals surface area contributed by atoms with Gasteiger partial charge in [0, 0.05) is 17.0 Å². The van der Waals surface area contributed by atoms with E-state index in [-0.39, 0.29) is 18.0 Å². The number of sulfone groups is 1. The molecule has 0 N–H and O–H groups in total. The number of aromatic nitrogens is 1. The highest BCUT2D eigenvalue weighted by atomic mass is 35.5. The fraction of sp³-hybridized carbons (Fsp3) is 0.273. The van der Waals surface area contributed by atoms with Crippen LogP contribution in [-0.4, -0.2) is 24.9 Å². The van der Waals surface area contributed by atoms with Crippen LogP contribution >= 0.6 is 11.6 Å². The molecule has 0 unspecified atom stereocenters. The summed E-state index contributed by atoms with van der Waals surface area (Å²) in [6.07, 6.45) is 0.532. The number of oxazole rings is 1. The Labute approximate surface area is 175 Å². The maximum absolute atomic E-state index is 12.5. The molecule has 0 spiro atoms. The normalized spacial score (nSPS) is 11.6. The summed E-state index contributed by atoms with van der Waals surface area (Å²) < 4.78 is 30.6. The Morgan fingerprint density at radius 2 is 1.76 bits per heavy atom. The van der Waals surface area contributed by atoms with Crippen LogP contribution in [0.25, 0.3) is 11.5 Å². The topological polar surface area (TPSA) is 77.2 Å². The van der Waals surface area contributed by atoms with E-state index in [1.807, 2.05) is 49.4 Å². The van der Waals surface area contributed by atoms with Crippen LogP contribution in [-0.2, 0) is 26.8 Å². The van der Waals surface area contributed by atoms with Crippen molar-refractivity contribution in [1.82, 2.24) is 4.98 Å². The molecule has 2 aromatic carbocycles. The Morgan fingerprint density at radius 3 is 2.45 bits per heavy atom. The van der Waals surface area contributed by atoms with E-state index in [4.69, 9.17) is 16.0 Å². The van der Waals surface area contributed by atoms with Gasteiger partial charge in [-0.2, -0.15) is 0 Å². The first-order valence-electron chi connectivity index (χ1n) is 9.22. The molecule has 3 rings (SSSR count). The van der Waals surface area contributed by atoms with Crippen LogP contribution in [0.15, 0.2) is 52.9 Å². The quantitative estimate of drug-likeness (QED) is 0.515. The summed E-state index contributed by atoms with van der Waals surface area (Å²) in [6, 6.07) is 14.8. The number of halogens is 1. The van der Waals surface area contributed by atoms with Crippen LogP contribution in [0.4, 0.5) is 0 Å². The number of hydrogen-bond acceptors (Lipinski definition) is 5. The number of carbonyl (C=O) groups excluding carboxylic acids is 1. The van der Waals surface area contributed by atoms with Crippen molar-refractivity contribution in [3.8, 4) is 11.5 Å². The van der Waals surface area contributed by atoms with E-state index < -0.39 is 15.6 Å². The van der Waals surface area contributed by atoms with Gasteiger partial charge in [0.15, 0.2) is 9.84 Å². The zero-order valence-electron chi connectivity index (χ0n) is 16.3. The molecule has 0 aliphatic heterocycles. The van der Waals surface area contributed by atoms with Gasteiger partial charge in [0.2, 0.25) is 5.89 Å². The molecule has 5 nitrogen and oxygen atoms in total. The van der Waals surface area contributed by atoms with Gasteiger partial charge in [-0.1, -0.05) is 47.5 Å². The standard InChI is InChI=1S/C22H22ClNO4S/c1-15-7-9-18(10-8-15)22-24-21(16(2)28-22)14-29(26,27)13-19(25)12-11-17-5-3-4-6-20(17)23/h3-10H,11-14H2,1-2H3. The maximum atomic E-state index is 12.5. The smallest absolute Gasteiger partial charge is 0.226 e. The highest BCUT2D eigenvalue weighted by Crippen LogP contribution is 2.23. The molecule has 0 bridgehead atoms. The molecule has 152 valence electrons. The van der Waals surface area contributed by atoms with E-state index in [0.717, 1.165) is 16.7 Å². The predicted octanol–water partition coefficient (Wildman–Crippen LogP) is 4.73. The van der Waals surface area contributed by atoms with Crippen molar-refractivity contribution in [3.63, 3.8) is 0 Å². The fourth-order valence-corrected chi connectivity index (χ4v) is 4.59. The molecule has 7 heteroatoms. The number of aryl methyl sites for hydroxylation is 3. The van der Waals surface area contributed by atoms with Gasteiger partial charge in [0.1, 0.15) is 17.3 Å². The molecule has 0 radical (unpaired) electrons. The van der Waals surface area contributed by atoms with Crippen molar-refractivity contribution in [2.24, 2.45) is 0 Å². The molecule has 3 aromatic rings. The van der Waals surface area contributed by atoms with Gasteiger partial charge < -0.3 is 4.42 Å². The van der Waals surface area contributed by atoms with Crippen molar-refractivity contribution < 1.29 is 17.6 Å². The zero-order chi connectivity index (χ0) is 21.0. The lowest BCUT2D eigenvalue weighted by atomic mass is 10.1. The molecule has 0 aliphatic rings. The summed E-state index contributed by atoms with van der Waals surface area (Å²) in [5.41, 5.74) is 3.04. The van der Waals surface area contributed by atoms with Crippen molar-refractivity contribution in [2.45, 2.75) is 32.4 Å². The Kier molecular flexibility index (Phi) is 6.55. The Bertz CT molecular complexity index is 1120. The van der Waals surface area contributed by atoms with Crippen molar-refractivity contribution >= 4 is 27.2 Å². The monoisotopic (exact) mass is 431 g/mol. The summed E-state index contributed by atoms with van der Waals surface area (Å²) in [7, 11) is -3.65. The minimum absolute atomic E-state index is 0.120. The Balaban J connectivity index is 1.64. The van der Waals surface area contributed by atoms with E-state index in [2.05, 4.69) is 4.98 Å². The lowest BCUT2D eigenvalue weighted by Gasteiger charge is -2.05. The molecule has 0 aliphatic carbocycles. The third-order valence-corrected chi connectivity index (χ3v) is 6.40.